The van der Waals surface area contributed by atoms with Gasteiger partial charge >= 0.3 is 0 Å². The molecule has 1 fully saturated rings. The molecule has 0 saturated carbocycles. The minimum Gasteiger partial charge on any atom is -0.454 e. The zero-order chi connectivity index (χ0) is 20.8. The molecular weight excluding hydrogens is 402 g/mol. The van der Waals surface area contributed by atoms with Gasteiger partial charge in [0.25, 0.3) is 5.56 Å². The van der Waals surface area contributed by atoms with Gasteiger partial charge in [0.15, 0.2) is 11.5 Å². The molecule has 1 aromatic heterocycles. The number of ether oxygens (including phenoxy) is 2. The minimum absolute atomic E-state index is 0.0246. The molecule has 8 heteroatoms. The van der Waals surface area contributed by atoms with Crippen LogP contribution in [0.5, 0.6) is 11.5 Å². The highest BCUT2D eigenvalue weighted by Gasteiger charge is 2.37. The second-order valence-electron chi connectivity index (χ2n) is 7.35. The number of hydrogen-bond donors (Lipinski definition) is 0. The molecule has 0 N–H and O–H groups in total. The summed E-state index contributed by atoms with van der Waals surface area (Å²) in [6.07, 6.45) is 0. The Bertz CT molecular complexity index is 1190. The number of fused-ring (bicyclic) bond motifs is 1. The second kappa shape index (κ2) is 7.28. The molecule has 30 heavy (non-hydrogen) atoms. The summed E-state index contributed by atoms with van der Waals surface area (Å²) in [4.78, 5) is 27.9. The van der Waals surface area contributed by atoms with E-state index in [-0.39, 0.29) is 23.6 Å². The van der Waals surface area contributed by atoms with Crippen molar-refractivity contribution in [1.82, 2.24) is 14.3 Å². The fourth-order valence-electron chi connectivity index (χ4n) is 3.97. The second-order valence-corrected chi connectivity index (χ2v) is 8.42. The normalized spacial score (nSPS) is 17.7. The van der Waals surface area contributed by atoms with Crippen molar-refractivity contribution in [2.45, 2.75) is 18.8 Å². The molecule has 0 aliphatic carbocycles. The van der Waals surface area contributed by atoms with Gasteiger partial charge in [-0.1, -0.05) is 24.3 Å². The monoisotopic (exact) mass is 423 g/mol. The molecule has 0 bridgehead atoms. The van der Waals surface area contributed by atoms with E-state index in [0.717, 1.165) is 16.9 Å². The van der Waals surface area contributed by atoms with Crippen molar-refractivity contribution in [2.24, 2.45) is 7.05 Å². The first-order chi connectivity index (χ1) is 14.5. The van der Waals surface area contributed by atoms with E-state index in [2.05, 4.69) is 0 Å². The standard InChI is InChI=1S/C22H21N3O4S/c1-14-20(21(27)25(23(14)2)16-6-4-3-5-7-16)22-24(19(26)12-30-22)11-15-8-9-17-18(10-15)29-13-28-17/h3-10,22H,11-13H2,1-2H3. The van der Waals surface area contributed by atoms with Crippen molar-refractivity contribution in [3.8, 4) is 17.2 Å². The number of carbonyl (C=O) groups is 1. The maximum absolute atomic E-state index is 13.4. The van der Waals surface area contributed by atoms with E-state index in [9.17, 15) is 9.59 Å². The highest BCUT2D eigenvalue weighted by molar-refractivity contribution is 8.00. The number of rotatable bonds is 4. The molecule has 2 aliphatic rings. The number of carbonyl (C=O) groups excluding carboxylic acids is 1. The average molecular weight is 423 g/mol. The Balaban J connectivity index is 1.52. The van der Waals surface area contributed by atoms with Crippen molar-refractivity contribution in [1.29, 1.82) is 0 Å². The highest BCUT2D eigenvalue weighted by Crippen LogP contribution is 2.41. The Labute approximate surface area is 177 Å². The number of aromatic nitrogens is 2. The molecule has 2 aliphatic heterocycles. The van der Waals surface area contributed by atoms with Crippen LogP contribution in [0.15, 0.2) is 53.3 Å². The average Bonchev–Trinajstić information content (AvgIpc) is 3.41. The zero-order valence-corrected chi connectivity index (χ0v) is 17.5. The predicted octanol–water partition coefficient (Wildman–Crippen LogP) is 2.99. The summed E-state index contributed by atoms with van der Waals surface area (Å²) < 4.78 is 14.3. The summed E-state index contributed by atoms with van der Waals surface area (Å²) >= 11 is 1.50. The summed E-state index contributed by atoms with van der Waals surface area (Å²) in [6.45, 7) is 2.55. The van der Waals surface area contributed by atoms with Crippen LogP contribution in [0.1, 0.15) is 22.2 Å². The van der Waals surface area contributed by atoms with E-state index in [0.29, 0.717) is 29.4 Å². The van der Waals surface area contributed by atoms with Gasteiger partial charge in [0.2, 0.25) is 12.7 Å². The van der Waals surface area contributed by atoms with E-state index >= 15 is 0 Å². The van der Waals surface area contributed by atoms with E-state index in [1.807, 2.05) is 67.2 Å². The van der Waals surface area contributed by atoms with Crippen molar-refractivity contribution in [3.05, 3.63) is 75.7 Å². The van der Waals surface area contributed by atoms with Crippen molar-refractivity contribution >= 4 is 17.7 Å². The maximum atomic E-state index is 13.4. The molecule has 3 heterocycles. The van der Waals surface area contributed by atoms with Crippen LogP contribution in [-0.4, -0.2) is 32.7 Å². The number of hydrogen-bond acceptors (Lipinski definition) is 5. The molecule has 2 aromatic carbocycles. The Morgan fingerprint density at radius 2 is 1.83 bits per heavy atom. The van der Waals surface area contributed by atoms with Gasteiger partial charge in [-0.05, 0) is 36.8 Å². The molecule has 5 rings (SSSR count). The third-order valence-electron chi connectivity index (χ3n) is 5.60. The smallest absolute Gasteiger partial charge is 0.277 e. The number of amides is 1. The summed E-state index contributed by atoms with van der Waals surface area (Å²) in [5.41, 5.74) is 3.15. The van der Waals surface area contributed by atoms with Gasteiger partial charge in [0.1, 0.15) is 5.37 Å². The number of nitrogens with zero attached hydrogens (tertiary/aromatic N) is 3. The number of para-hydroxylation sites is 1. The summed E-state index contributed by atoms with van der Waals surface area (Å²) in [6, 6.07) is 15.2. The van der Waals surface area contributed by atoms with Gasteiger partial charge in [0, 0.05) is 19.3 Å². The molecule has 1 amide bonds. The van der Waals surface area contributed by atoms with E-state index in [4.69, 9.17) is 9.47 Å². The predicted molar refractivity (Wildman–Crippen MR) is 114 cm³/mol. The maximum Gasteiger partial charge on any atom is 0.277 e. The highest BCUT2D eigenvalue weighted by atomic mass is 32.2. The molecular formula is C22H21N3O4S. The summed E-state index contributed by atoms with van der Waals surface area (Å²) in [5.74, 6) is 1.78. The largest absolute Gasteiger partial charge is 0.454 e. The van der Waals surface area contributed by atoms with Crippen LogP contribution in [-0.2, 0) is 18.4 Å². The first kappa shape index (κ1) is 18.9. The lowest BCUT2D eigenvalue weighted by Crippen LogP contribution is -2.31. The van der Waals surface area contributed by atoms with E-state index in [1.165, 1.54) is 11.8 Å². The van der Waals surface area contributed by atoms with Gasteiger partial charge < -0.3 is 14.4 Å². The lowest BCUT2D eigenvalue weighted by Gasteiger charge is -2.23. The molecule has 154 valence electrons. The molecule has 1 saturated heterocycles. The molecule has 7 nitrogen and oxygen atoms in total. The first-order valence-corrected chi connectivity index (χ1v) is 10.7. The van der Waals surface area contributed by atoms with Crippen LogP contribution in [0.4, 0.5) is 0 Å². The van der Waals surface area contributed by atoms with Gasteiger partial charge in [-0.2, -0.15) is 0 Å². The fraction of sp³-hybridized carbons (Fsp3) is 0.273. The zero-order valence-electron chi connectivity index (χ0n) is 16.7. The Hall–Kier alpha value is -3.13. The van der Waals surface area contributed by atoms with Gasteiger partial charge in [-0.3, -0.25) is 14.3 Å². The molecule has 0 radical (unpaired) electrons. The third-order valence-corrected chi connectivity index (χ3v) is 6.82. The van der Waals surface area contributed by atoms with Crippen molar-refractivity contribution in [2.75, 3.05) is 12.5 Å². The van der Waals surface area contributed by atoms with Crippen LogP contribution in [0.2, 0.25) is 0 Å². The van der Waals surface area contributed by atoms with Crippen LogP contribution in [0.25, 0.3) is 5.69 Å². The molecule has 1 unspecified atom stereocenters. The summed E-state index contributed by atoms with van der Waals surface area (Å²) in [5, 5.41) is -0.327. The Kier molecular flexibility index (Phi) is 4.58. The molecule has 1 atom stereocenters. The Morgan fingerprint density at radius 3 is 2.63 bits per heavy atom. The van der Waals surface area contributed by atoms with Crippen molar-refractivity contribution < 1.29 is 14.3 Å². The van der Waals surface area contributed by atoms with Gasteiger partial charge in [-0.25, -0.2) is 4.68 Å². The fourth-order valence-corrected chi connectivity index (χ4v) is 5.25. The van der Waals surface area contributed by atoms with Crippen LogP contribution in [0, 0.1) is 6.92 Å². The molecule has 3 aromatic rings. The molecule has 0 spiro atoms. The quantitative estimate of drug-likeness (QED) is 0.646. The van der Waals surface area contributed by atoms with E-state index < -0.39 is 0 Å². The summed E-state index contributed by atoms with van der Waals surface area (Å²) in [7, 11) is 1.87. The minimum atomic E-state index is -0.327. The van der Waals surface area contributed by atoms with Crippen molar-refractivity contribution in [3.63, 3.8) is 0 Å². The third kappa shape index (κ3) is 2.99. The van der Waals surface area contributed by atoms with Gasteiger partial charge in [-0.15, -0.1) is 11.8 Å². The lowest BCUT2D eigenvalue weighted by molar-refractivity contribution is -0.128. The van der Waals surface area contributed by atoms with E-state index in [1.54, 1.807) is 9.58 Å². The Morgan fingerprint density at radius 1 is 1.07 bits per heavy atom. The van der Waals surface area contributed by atoms with Gasteiger partial charge in [0.05, 0.1) is 17.0 Å². The number of benzene rings is 2. The van der Waals surface area contributed by atoms with Crippen LogP contribution < -0.4 is 15.0 Å². The first-order valence-electron chi connectivity index (χ1n) is 9.68. The SMILES string of the molecule is Cc1c(C2SCC(=O)N2Cc2ccc3c(c2)OCO3)c(=O)n(-c2ccccc2)n1C. The number of thioether (sulfide) groups is 1. The van der Waals surface area contributed by atoms with Crippen LogP contribution in [0.3, 0.4) is 0 Å². The lowest BCUT2D eigenvalue weighted by atomic mass is 10.1. The van der Waals surface area contributed by atoms with Crippen LogP contribution >= 0.6 is 11.8 Å². The topological polar surface area (TPSA) is 65.7 Å².